The van der Waals surface area contributed by atoms with Crippen LogP contribution in [0.1, 0.15) is 6.42 Å². The molecule has 1 N–H and O–H groups in total. The zero-order valence-corrected chi connectivity index (χ0v) is 12.7. The maximum atomic E-state index is 11.9. The van der Waals surface area contributed by atoms with Crippen LogP contribution in [0.4, 0.5) is 0 Å². The lowest BCUT2D eigenvalue weighted by molar-refractivity contribution is -0.119. The van der Waals surface area contributed by atoms with Gasteiger partial charge in [0.05, 0.1) is 12.4 Å². The van der Waals surface area contributed by atoms with Crippen molar-refractivity contribution in [3.8, 4) is 0 Å². The van der Waals surface area contributed by atoms with E-state index in [2.05, 4.69) is 10.2 Å². The number of hydrogen-bond acceptors (Lipinski definition) is 4. The Morgan fingerprint density at radius 3 is 3.00 bits per heavy atom. The lowest BCUT2D eigenvalue weighted by atomic mass is 10.2. The number of hydrogen-bond donors (Lipinski definition) is 1. The van der Waals surface area contributed by atoms with Crippen LogP contribution in [0.15, 0.2) is 35.2 Å². The third-order valence-electron chi connectivity index (χ3n) is 3.36. The summed E-state index contributed by atoms with van der Waals surface area (Å²) in [5.41, 5.74) is 0. The summed E-state index contributed by atoms with van der Waals surface area (Å²) in [7, 11) is 1.72. The van der Waals surface area contributed by atoms with Crippen molar-refractivity contribution >= 4 is 17.7 Å². The average Bonchev–Trinajstić information content (AvgIpc) is 2.91. The summed E-state index contributed by atoms with van der Waals surface area (Å²) < 4.78 is 5.08. The number of likely N-dealkylation sites (tertiary alicyclic amines) is 1. The molecule has 1 atom stereocenters. The topological polar surface area (TPSA) is 41.6 Å². The number of methoxy groups -OCH3 is 1. The average molecular weight is 294 g/mol. The van der Waals surface area contributed by atoms with Gasteiger partial charge in [-0.25, -0.2) is 0 Å². The largest absolute Gasteiger partial charge is 0.383 e. The molecule has 0 radical (unpaired) electrons. The number of nitrogens with one attached hydrogen (secondary N) is 1. The summed E-state index contributed by atoms with van der Waals surface area (Å²) in [5.74, 6) is 0.607. The number of ether oxygens (including phenoxy) is 1. The van der Waals surface area contributed by atoms with E-state index >= 15 is 0 Å². The molecule has 4 nitrogen and oxygen atoms in total. The first-order valence-corrected chi connectivity index (χ1v) is 7.95. The van der Waals surface area contributed by atoms with Crippen LogP contribution in [0.2, 0.25) is 0 Å². The fraction of sp³-hybridized carbons (Fsp3) is 0.533. The molecule has 0 unspecified atom stereocenters. The van der Waals surface area contributed by atoms with E-state index in [0.29, 0.717) is 5.75 Å². The number of carbonyl (C=O) groups excluding carboxylic acids is 1. The summed E-state index contributed by atoms with van der Waals surface area (Å²) >= 11 is 1.58. The molecule has 110 valence electrons. The molecule has 1 saturated heterocycles. The van der Waals surface area contributed by atoms with Crippen LogP contribution in [0.3, 0.4) is 0 Å². The van der Waals surface area contributed by atoms with Gasteiger partial charge in [0.2, 0.25) is 5.91 Å². The molecular formula is C15H22N2O2S. The first kappa shape index (κ1) is 15.4. The third-order valence-corrected chi connectivity index (χ3v) is 4.37. The molecule has 2 rings (SSSR count). The fourth-order valence-electron chi connectivity index (χ4n) is 2.31. The summed E-state index contributed by atoms with van der Waals surface area (Å²) in [5, 5.41) is 3.11. The Labute approximate surface area is 124 Å². The third kappa shape index (κ3) is 5.15. The Bertz CT molecular complexity index is 414. The van der Waals surface area contributed by atoms with Crippen molar-refractivity contribution in [3.63, 3.8) is 0 Å². The van der Waals surface area contributed by atoms with Crippen LogP contribution >= 0.6 is 11.8 Å². The Balaban J connectivity index is 1.65. The zero-order chi connectivity index (χ0) is 14.2. The Hall–Kier alpha value is -1.04. The number of nitrogens with zero attached hydrogens (tertiary/aromatic N) is 1. The highest BCUT2D eigenvalue weighted by atomic mass is 32.2. The molecule has 0 aromatic heterocycles. The lowest BCUT2D eigenvalue weighted by Gasteiger charge is -2.16. The summed E-state index contributed by atoms with van der Waals surface area (Å²) in [6.07, 6.45) is 1.03. The molecule has 0 saturated carbocycles. The van der Waals surface area contributed by atoms with E-state index in [-0.39, 0.29) is 11.9 Å². The second kappa shape index (κ2) is 8.29. The van der Waals surface area contributed by atoms with Gasteiger partial charge in [0.15, 0.2) is 0 Å². The highest BCUT2D eigenvalue weighted by molar-refractivity contribution is 8.00. The van der Waals surface area contributed by atoms with Gasteiger partial charge in [0, 0.05) is 37.7 Å². The predicted molar refractivity (Wildman–Crippen MR) is 82.0 cm³/mol. The molecule has 1 heterocycles. The fourth-order valence-corrected chi connectivity index (χ4v) is 3.04. The molecule has 0 spiro atoms. The van der Waals surface area contributed by atoms with Crippen molar-refractivity contribution in [1.82, 2.24) is 10.2 Å². The molecule has 0 bridgehead atoms. The van der Waals surface area contributed by atoms with Gasteiger partial charge >= 0.3 is 0 Å². The first-order valence-electron chi connectivity index (χ1n) is 6.96. The molecule has 20 heavy (non-hydrogen) atoms. The van der Waals surface area contributed by atoms with Crippen molar-refractivity contribution in [3.05, 3.63) is 30.3 Å². The number of carbonyl (C=O) groups is 1. The van der Waals surface area contributed by atoms with Gasteiger partial charge in [-0.2, -0.15) is 0 Å². The van der Waals surface area contributed by atoms with Gasteiger partial charge < -0.3 is 10.1 Å². The summed E-state index contributed by atoms with van der Waals surface area (Å²) in [6, 6.07) is 10.3. The zero-order valence-electron chi connectivity index (χ0n) is 11.9. The molecule has 1 fully saturated rings. The van der Waals surface area contributed by atoms with Crippen molar-refractivity contribution in [1.29, 1.82) is 0 Å². The van der Waals surface area contributed by atoms with E-state index in [1.54, 1.807) is 18.9 Å². The van der Waals surface area contributed by atoms with Gasteiger partial charge in [-0.15, -0.1) is 11.8 Å². The highest BCUT2D eigenvalue weighted by Crippen LogP contribution is 2.16. The van der Waals surface area contributed by atoms with E-state index in [1.165, 1.54) is 0 Å². The van der Waals surface area contributed by atoms with E-state index in [4.69, 9.17) is 4.74 Å². The molecular weight excluding hydrogens is 272 g/mol. The normalized spacial score (nSPS) is 19.1. The quantitative estimate of drug-likeness (QED) is 0.776. The lowest BCUT2D eigenvalue weighted by Crippen LogP contribution is -2.38. The number of benzene rings is 1. The Kier molecular flexibility index (Phi) is 6.36. The van der Waals surface area contributed by atoms with E-state index in [9.17, 15) is 4.79 Å². The maximum Gasteiger partial charge on any atom is 0.230 e. The van der Waals surface area contributed by atoms with Crippen LogP contribution in [-0.2, 0) is 9.53 Å². The molecule has 1 aromatic carbocycles. The molecule has 1 aliphatic heterocycles. The van der Waals surface area contributed by atoms with Gasteiger partial charge in [0.25, 0.3) is 0 Å². The van der Waals surface area contributed by atoms with Gasteiger partial charge in [-0.1, -0.05) is 18.2 Å². The monoisotopic (exact) mass is 294 g/mol. The second-order valence-electron chi connectivity index (χ2n) is 4.95. The second-order valence-corrected chi connectivity index (χ2v) is 6.00. The summed E-state index contributed by atoms with van der Waals surface area (Å²) in [6.45, 7) is 3.68. The van der Waals surface area contributed by atoms with Crippen molar-refractivity contribution < 1.29 is 9.53 Å². The van der Waals surface area contributed by atoms with Gasteiger partial charge in [0.1, 0.15) is 0 Å². The Morgan fingerprint density at radius 1 is 1.45 bits per heavy atom. The Morgan fingerprint density at radius 2 is 2.25 bits per heavy atom. The minimum atomic E-state index is 0.123. The SMILES string of the molecule is COCCN1CC[C@@H](NC(=O)CSc2ccccc2)C1. The minimum absolute atomic E-state index is 0.123. The summed E-state index contributed by atoms with van der Waals surface area (Å²) in [4.78, 5) is 15.4. The van der Waals surface area contributed by atoms with E-state index in [1.807, 2.05) is 30.3 Å². The highest BCUT2D eigenvalue weighted by Gasteiger charge is 2.23. The number of thioether (sulfide) groups is 1. The van der Waals surface area contributed by atoms with Crippen LogP contribution < -0.4 is 5.32 Å². The van der Waals surface area contributed by atoms with Crippen LogP contribution in [0.25, 0.3) is 0 Å². The van der Waals surface area contributed by atoms with Gasteiger partial charge in [-0.05, 0) is 18.6 Å². The van der Waals surface area contributed by atoms with Crippen LogP contribution in [-0.4, -0.2) is 56.0 Å². The van der Waals surface area contributed by atoms with Crippen LogP contribution in [0.5, 0.6) is 0 Å². The van der Waals surface area contributed by atoms with E-state index in [0.717, 1.165) is 37.6 Å². The van der Waals surface area contributed by atoms with E-state index < -0.39 is 0 Å². The molecule has 1 aliphatic rings. The molecule has 1 amide bonds. The van der Waals surface area contributed by atoms with Crippen molar-refractivity contribution in [2.75, 3.05) is 39.1 Å². The molecule has 1 aromatic rings. The van der Waals surface area contributed by atoms with Crippen molar-refractivity contribution in [2.24, 2.45) is 0 Å². The first-order chi connectivity index (χ1) is 9.78. The smallest absolute Gasteiger partial charge is 0.230 e. The number of rotatable bonds is 7. The predicted octanol–water partition coefficient (Wildman–Crippen LogP) is 1.62. The minimum Gasteiger partial charge on any atom is -0.383 e. The molecule has 5 heteroatoms. The van der Waals surface area contributed by atoms with Gasteiger partial charge in [-0.3, -0.25) is 9.69 Å². The van der Waals surface area contributed by atoms with Crippen molar-refractivity contribution in [2.45, 2.75) is 17.4 Å². The van der Waals surface area contributed by atoms with Crippen LogP contribution in [0, 0.1) is 0 Å². The maximum absolute atomic E-state index is 11.9. The number of amides is 1. The molecule has 0 aliphatic carbocycles. The standard InChI is InChI=1S/C15H22N2O2S/c1-19-10-9-17-8-7-13(11-17)16-15(18)12-20-14-5-3-2-4-6-14/h2-6,13H,7-12H2,1H3,(H,16,18)/t13-/m1/s1.